The van der Waals surface area contributed by atoms with E-state index in [2.05, 4.69) is 4.90 Å². The SMILES string of the molecule is COc1cc(CN2CC(C(=O)O)C2)ccc1OCc1ccccc1Cl. The van der Waals surface area contributed by atoms with Gasteiger partial charge in [-0.05, 0) is 23.8 Å². The summed E-state index contributed by atoms with van der Waals surface area (Å²) in [5.41, 5.74) is 1.97. The number of hydrogen-bond donors (Lipinski definition) is 1. The molecule has 2 aromatic rings. The Kier molecular flexibility index (Phi) is 5.46. The van der Waals surface area contributed by atoms with Gasteiger partial charge in [-0.2, -0.15) is 0 Å². The third kappa shape index (κ3) is 4.24. The number of aliphatic carboxylic acids is 1. The Balaban J connectivity index is 1.62. The van der Waals surface area contributed by atoms with Gasteiger partial charge in [0.2, 0.25) is 0 Å². The number of nitrogens with zero attached hydrogens (tertiary/aromatic N) is 1. The van der Waals surface area contributed by atoms with Crippen molar-refractivity contribution in [2.24, 2.45) is 5.92 Å². The van der Waals surface area contributed by atoms with Crippen LogP contribution >= 0.6 is 11.6 Å². The Labute approximate surface area is 151 Å². The average molecular weight is 362 g/mol. The molecule has 0 radical (unpaired) electrons. The molecule has 0 aliphatic carbocycles. The molecule has 1 N–H and O–H groups in total. The standard InChI is InChI=1S/C19H20ClNO4/c1-24-18-8-13(9-21-10-15(11-21)19(22)23)6-7-17(18)25-12-14-4-2-3-5-16(14)20/h2-8,15H,9-12H2,1H3,(H,22,23). The molecule has 0 unspecified atom stereocenters. The van der Waals surface area contributed by atoms with E-state index in [0.717, 1.165) is 11.1 Å². The molecule has 6 heteroatoms. The zero-order chi connectivity index (χ0) is 17.8. The van der Waals surface area contributed by atoms with Crippen LogP contribution in [0.5, 0.6) is 11.5 Å². The van der Waals surface area contributed by atoms with Gasteiger partial charge in [0.1, 0.15) is 6.61 Å². The van der Waals surface area contributed by atoms with E-state index in [9.17, 15) is 4.79 Å². The first kappa shape index (κ1) is 17.6. The van der Waals surface area contributed by atoms with Crippen LogP contribution in [0.3, 0.4) is 0 Å². The smallest absolute Gasteiger partial charge is 0.309 e. The highest BCUT2D eigenvalue weighted by atomic mass is 35.5. The van der Waals surface area contributed by atoms with Crippen molar-refractivity contribution in [2.75, 3.05) is 20.2 Å². The summed E-state index contributed by atoms with van der Waals surface area (Å²) < 4.78 is 11.3. The number of ether oxygens (including phenoxy) is 2. The fourth-order valence-electron chi connectivity index (χ4n) is 2.81. The Bertz CT molecular complexity index is 759. The molecule has 0 atom stereocenters. The van der Waals surface area contributed by atoms with Crippen LogP contribution in [0, 0.1) is 5.92 Å². The summed E-state index contributed by atoms with van der Waals surface area (Å²) in [5, 5.41) is 9.61. The molecule has 1 aliphatic heterocycles. The zero-order valence-electron chi connectivity index (χ0n) is 13.9. The predicted octanol–water partition coefficient (Wildman–Crippen LogP) is 3.44. The lowest BCUT2D eigenvalue weighted by Gasteiger charge is -2.36. The zero-order valence-corrected chi connectivity index (χ0v) is 14.7. The van der Waals surface area contributed by atoms with Crippen LogP contribution in [0.15, 0.2) is 42.5 Å². The van der Waals surface area contributed by atoms with E-state index >= 15 is 0 Å². The summed E-state index contributed by atoms with van der Waals surface area (Å²) in [6.07, 6.45) is 0. The Morgan fingerprint density at radius 3 is 2.68 bits per heavy atom. The van der Waals surface area contributed by atoms with Gasteiger partial charge in [-0.25, -0.2) is 0 Å². The summed E-state index contributed by atoms with van der Waals surface area (Å²) in [6.45, 7) is 2.23. The van der Waals surface area contributed by atoms with Gasteiger partial charge in [-0.15, -0.1) is 0 Å². The highest BCUT2D eigenvalue weighted by Crippen LogP contribution is 2.31. The number of carboxylic acid groups (broad SMARTS) is 1. The number of halogens is 1. The van der Waals surface area contributed by atoms with Crippen molar-refractivity contribution in [3.8, 4) is 11.5 Å². The number of carbonyl (C=O) groups is 1. The predicted molar refractivity (Wildman–Crippen MR) is 95.2 cm³/mol. The second-order valence-corrected chi connectivity index (χ2v) is 6.50. The van der Waals surface area contributed by atoms with Crippen LogP contribution in [0.2, 0.25) is 5.02 Å². The molecule has 132 valence electrons. The van der Waals surface area contributed by atoms with Crippen LogP contribution in [0.1, 0.15) is 11.1 Å². The van der Waals surface area contributed by atoms with Crippen LogP contribution in [0.4, 0.5) is 0 Å². The van der Waals surface area contributed by atoms with Crippen molar-refractivity contribution < 1.29 is 19.4 Å². The number of benzene rings is 2. The molecular weight excluding hydrogens is 342 g/mol. The first-order chi connectivity index (χ1) is 12.1. The van der Waals surface area contributed by atoms with Crippen LogP contribution in [-0.2, 0) is 17.9 Å². The minimum Gasteiger partial charge on any atom is -0.493 e. The van der Waals surface area contributed by atoms with Crippen molar-refractivity contribution >= 4 is 17.6 Å². The second-order valence-electron chi connectivity index (χ2n) is 6.09. The number of hydrogen-bond acceptors (Lipinski definition) is 4. The fraction of sp³-hybridized carbons (Fsp3) is 0.316. The highest BCUT2D eigenvalue weighted by molar-refractivity contribution is 6.31. The van der Waals surface area contributed by atoms with Gasteiger partial charge in [-0.1, -0.05) is 35.9 Å². The topological polar surface area (TPSA) is 59.0 Å². The van der Waals surface area contributed by atoms with Crippen molar-refractivity contribution in [3.05, 3.63) is 58.6 Å². The molecule has 0 saturated carbocycles. The van der Waals surface area contributed by atoms with Crippen molar-refractivity contribution in [1.29, 1.82) is 0 Å². The molecule has 0 amide bonds. The summed E-state index contributed by atoms with van der Waals surface area (Å²) in [5.74, 6) is 0.329. The van der Waals surface area contributed by atoms with Gasteiger partial charge in [0, 0.05) is 30.2 Å². The molecular formula is C19H20ClNO4. The average Bonchev–Trinajstić information content (AvgIpc) is 2.57. The van der Waals surface area contributed by atoms with Gasteiger partial charge in [0.05, 0.1) is 13.0 Å². The molecule has 0 spiro atoms. The molecule has 25 heavy (non-hydrogen) atoms. The molecule has 0 bridgehead atoms. The summed E-state index contributed by atoms with van der Waals surface area (Å²) in [4.78, 5) is 13.0. The van der Waals surface area contributed by atoms with E-state index < -0.39 is 5.97 Å². The highest BCUT2D eigenvalue weighted by Gasteiger charge is 2.32. The summed E-state index contributed by atoms with van der Waals surface area (Å²) >= 11 is 6.14. The van der Waals surface area contributed by atoms with E-state index in [1.54, 1.807) is 7.11 Å². The fourth-order valence-corrected chi connectivity index (χ4v) is 3.00. The van der Waals surface area contributed by atoms with Crippen LogP contribution in [0.25, 0.3) is 0 Å². The molecule has 3 rings (SSSR count). The molecule has 5 nitrogen and oxygen atoms in total. The molecule has 1 saturated heterocycles. The normalized spacial score (nSPS) is 14.8. The van der Waals surface area contributed by atoms with Gasteiger partial charge in [0.15, 0.2) is 11.5 Å². The molecule has 1 heterocycles. The molecule has 2 aromatic carbocycles. The first-order valence-corrected chi connectivity index (χ1v) is 8.43. The summed E-state index contributed by atoms with van der Waals surface area (Å²) in [6, 6.07) is 13.3. The van der Waals surface area contributed by atoms with Gasteiger partial charge in [0.25, 0.3) is 0 Å². The van der Waals surface area contributed by atoms with Gasteiger partial charge < -0.3 is 14.6 Å². The third-order valence-corrected chi connectivity index (χ3v) is 4.65. The quantitative estimate of drug-likeness (QED) is 0.818. The lowest BCUT2D eigenvalue weighted by Crippen LogP contribution is -2.49. The minimum atomic E-state index is -0.725. The Morgan fingerprint density at radius 1 is 1.24 bits per heavy atom. The molecule has 0 aromatic heterocycles. The maximum Gasteiger partial charge on any atom is 0.309 e. The number of likely N-dealkylation sites (tertiary alicyclic amines) is 1. The van der Waals surface area contributed by atoms with Crippen molar-refractivity contribution in [2.45, 2.75) is 13.2 Å². The van der Waals surface area contributed by atoms with Gasteiger partial charge >= 0.3 is 5.97 Å². The largest absolute Gasteiger partial charge is 0.493 e. The minimum absolute atomic E-state index is 0.250. The van der Waals surface area contributed by atoms with E-state index in [0.29, 0.717) is 42.8 Å². The van der Waals surface area contributed by atoms with E-state index in [1.165, 1.54) is 0 Å². The molecule has 1 aliphatic rings. The number of carboxylic acids is 1. The van der Waals surface area contributed by atoms with Crippen molar-refractivity contribution in [1.82, 2.24) is 4.90 Å². The Morgan fingerprint density at radius 2 is 2.00 bits per heavy atom. The maximum absolute atomic E-state index is 10.9. The van der Waals surface area contributed by atoms with Crippen molar-refractivity contribution in [3.63, 3.8) is 0 Å². The number of rotatable bonds is 7. The monoisotopic (exact) mass is 361 g/mol. The number of methoxy groups -OCH3 is 1. The molecule has 1 fully saturated rings. The third-order valence-electron chi connectivity index (χ3n) is 4.28. The lowest BCUT2D eigenvalue weighted by molar-refractivity contribution is -0.147. The lowest BCUT2D eigenvalue weighted by atomic mass is 9.99. The first-order valence-electron chi connectivity index (χ1n) is 8.05. The van der Waals surface area contributed by atoms with Gasteiger partial charge in [-0.3, -0.25) is 9.69 Å². The van der Waals surface area contributed by atoms with Crippen LogP contribution in [-0.4, -0.2) is 36.2 Å². The van der Waals surface area contributed by atoms with E-state index in [4.69, 9.17) is 26.2 Å². The second kappa shape index (κ2) is 7.76. The summed E-state index contributed by atoms with van der Waals surface area (Å²) in [7, 11) is 1.60. The Hall–Kier alpha value is -2.24. The van der Waals surface area contributed by atoms with Crippen LogP contribution < -0.4 is 9.47 Å². The maximum atomic E-state index is 10.9. The van der Waals surface area contributed by atoms with E-state index in [-0.39, 0.29) is 5.92 Å². The van der Waals surface area contributed by atoms with E-state index in [1.807, 2.05) is 42.5 Å².